The summed E-state index contributed by atoms with van der Waals surface area (Å²) >= 11 is 0. The van der Waals surface area contributed by atoms with Gasteiger partial charge in [0.25, 0.3) is 0 Å². The van der Waals surface area contributed by atoms with Crippen LogP contribution in [0.4, 0.5) is 0 Å². The Morgan fingerprint density at radius 1 is 0.905 bits per heavy atom. The van der Waals surface area contributed by atoms with Gasteiger partial charge in [0.05, 0.1) is 0 Å². The third kappa shape index (κ3) is 3.74. The Balaban J connectivity index is 2.28. The zero-order chi connectivity index (χ0) is 15.3. The summed E-state index contributed by atoms with van der Waals surface area (Å²) in [6.45, 7) is 6.15. The van der Waals surface area contributed by atoms with Gasteiger partial charge in [-0.05, 0) is 17.8 Å². The number of benzene rings is 2. The van der Waals surface area contributed by atoms with Gasteiger partial charge in [-0.3, -0.25) is 0 Å². The SMILES string of the molecule is CC(C)(C)P(=O)(/C=C/Cc1ccccc1)c1ccccc1. The molecule has 110 valence electrons. The Morgan fingerprint density at radius 2 is 1.43 bits per heavy atom. The molecule has 0 aliphatic carbocycles. The first-order chi connectivity index (χ1) is 9.93. The van der Waals surface area contributed by atoms with Gasteiger partial charge in [-0.2, -0.15) is 0 Å². The summed E-state index contributed by atoms with van der Waals surface area (Å²) in [6, 6.07) is 20.1. The van der Waals surface area contributed by atoms with Crippen LogP contribution < -0.4 is 5.30 Å². The second-order valence-corrected chi connectivity index (χ2v) is 9.71. The van der Waals surface area contributed by atoms with Gasteiger partial charge in [-0.25, -0.2) is 0 Å². The Bertz CT molecular complexity index is 636. The van der Waals surface area contributed by atoms with Crippen molar-refractivity contribution in [2.45, 2.75) is 32.3 Å². The molecule has 0 N–H and O–H groups in total. The van der Waals surface area contributed by atoms with Crippen molar-refractivity contribution in [3.63, 3.8) is 0 Å². The van der Waals surface area contributed by atoms with E-state index < -0.39 is 7.14 Å². The highest BCUT2D eigenvalue weighted by Gasteiger charge is 2.35. The van der Waals surface area contributed by atoms with E-state index in [1.54, 1.807) is 0 Å². The average Bonchev–Trinajstić information content (AvgIpc) is 2.48. The molecule has 2 heteroatoms. The van der Waals surface area contributed by atoms with Gasteiger partial charge in [0.1, 0.15) is 7.14 Å². The van der Waals surface area contributed by atoms with E-state index in [1.807, 2.05) is 81.2 Å². The number of hydrogen-bond donors (Lipinski definition) is 0. The maximum absolute atomic E-state index is 13.5. The molecule has 0 radical (unpaired) electrons. The van der Waals surface area contributed by atoms with E-state index in [2.05, 4.69) is 12.1 Å². The molecule has 0 fully saturated rings. The lowest BCUT2D eigenvalue weighted by atomic mass is 10.2. The van der Waals surface area contributed by atoms with E-state index in [1.165, 1.54) is 5.56 Å². The van der Waals surface area contributed by atoms with Gasteiger partial charge >= 0.3 is 0 Å². The monoisotopic (exact) mass is 298 g/mol. The van der Waals surface area contributed by atoms with Crippen LogP contribution >= 0.6 is 7.14 Å². The van der Waals surface area contributed by atoms with E-state index >= 15 is 0 Å². The highest BCUT2D eigenvalue weighted by atomic mass is 31.2. The summed E-state index contributed by atoms with van der Waals surface area (Å²) in [5.74, 6) is 1.94. The fourth-order valence-corrected chi connectivity index (χ4v) is 4.71. The van der Waals surface area contributed by atoms with Crippen molar-refractivity contribution >= 4 is 12.4 Å². The molecule has 0 amide bonds. The standard InChI is InChI=1S/C19H23OP/c1-19(2,3)21(20,18-14-8-5-9-15-18)16-10-13-17-11-6-4-7-12-17/h4-12,14-16H,13H2,1-3H3/b16-10+. The van der Waals surface area contributed by atoms with Gasteiger partial charge in [-0.1, -0.05) is 87.5 Å². The van der Waals surface area contributed by atoms with Gasteiger partial charge in [-0.15, -0.1) is 0 Å². The summed E-state index contributed by atoms with van der Waals surface area (Å²) in [5, 5.41) is 0.656. The zero-order valence-corrected chi connectivity index (χ0v) is 13.9. The van der Waals surface area contributed by atoms with E-state index in [0.717, 1.165) is 11.7 Å². The predicted octanol–water partition coefficient (Wildman–Crippen LogP) is 5.23. The molecule has 0 spiro atoms. The Hall–Kier alpha value is -1.59. The van der Waals surface area contributed by atoms with Crippen molar-refractivity contribution in [1.29, 1.82) is 0 Å². The Labute approximate surface area is 128 Å². The topological polar surface area (TPSA) is 17.1 Å². The quantitative estimate of drug-likeness (QED) is 0.706. The molecule has 0 aliphatic heterocycles. The van der Waals surface area contributed by atoms with Crippen molar-refractivity contribution < 1.29 is 4.57 Å². The molecule has 2 aromatic rings. The first-order valence-corrected chi connectivity index (χ1v) is 9.08. The molecule has 21 heavy (non-hydrogen) atoms. The summed E-state index contributed by atoms with van der Waals surface area (Å²) in [4.78, 5) is 0. The fourth-order valence-electron chi connectivity index (χ4n) is 2.30. The second-order valence-electron chi connectivity index (χ2n) is 6.24. The Kier molecular flexibility index (Phi) is 4.85. The average molecular weight is 298 g/mol. The predicted molar refractivity (Wildman–Crippen MR) is 92.7 cm³/mol. The van der Waals surface area contributed by atoms with Crippen LogP contribution in [0.15, 0.2) is 72.6 Å². The fraction of sp³-hybridized carbons (Fsp3) is 0.263. The lowest BCUT2D eigenvalue weighted by Crippen LogP contribution is -2.21. The summed E-state index contributed by atoms with van der Waals surface area (Å²) in [6.07, 6.45) is 2.86. The van der Waals surface area contributed by atoms with E-state index in [9.17, 15) is 4.57 Å². The van der Waals surface area contributed by atoms with Crippen LogP contribution in [-0.2, 0) is 11.0 Å². The summed E-state index contributed by atoms with van der Waals surface area (Å²) < 4.78 is 13.5. The molecule has 1 nitrogen and oxygen atoms in total. The molecule has 0 heterocycles. The van der Waals surface area contributed by atoms with Crippen LogP contribution in [0.25, 0.3) is 0 Å². The van der Waals surface area contributed by atoms with Crippen LogP contribution in [0, 0.1) is 0 Å². The third-order valence-electron chi connectivity index (χ3n) is 3.65. The number of allylic oxidation sites excluding steroid dienone is 1. The molecule has 0 aliphatic rings. The number of rotatable bonds is 4. The first-order valence-electron chi connectivity index (χ1n) is 7.30. The van der Waals surface area contributed by atoms with E-state index in [0.29, 0.717) is 0 Å². The van der Waals surface area contributed by atoms with Gasteiger partial charge in [0, 0.05) is 10.5 Å². The minimum absolute atomic E-state index is 0.276. The largest absolute Gasteiger partial charge is 0.314 e. The maximum atomic E-state index is 13.5. The molecule has 0 saturated carbocycles. The van der Waals surface area contributed by atoms with Crippen molar-refractivity contribution in [3.8, 4) is 0 Å². The van der Waals surface area contributed by atoms with Gasteiger partial charge in [0.2, 0.25) is 0 Å². The Morgan fingerprint density at radius 3 is 1.95 bits per heavy atom. The van der Waals surface area contributed by atoms with Crippen molar-refractivity contribution in [2.75, 3.05) is 0 Å². The lowest BCUT2D eigenvalue weighted by Gasteiger charge is -2.29. The van der Waals surface area contributed by atoms with Crippen LogP contribution in [0.2, 0.25) is 0 Å². The van der Waals surface area contributed by atoms with Crippen LogP contribution in [0.3, 0.4) is 0 Å². The molecule has 0 bridgehead atoms. The highest BCUT2D eigenvalue weighted by Crippen LogP contribution is 2.57. The molecular formula is C19H23OP. The van der Waals surface area contributed by atoms with Crippen LogP contribution in [-0.4, -0.2) is 5.16 Å². The summed E-state index contributed by atoms with van der Waals surface area (Å²) in [5.41, 5.74) is 1.24. The minimum Gasteiger partial charge on any atom is -0.314 e. The van der Waals surface area contributed by atoms with Crippen molar-refractivity contribution in [2.24, 2.45) is 0 Å². The second kappa shape index (κ2) is 6.45. The minimum atomic E-state index is -2.57. The van der Waals surface area contributed by atoms with Crippen LogP contribution in [0.1, 0.15) is 26.3 Å². The van der Waals surface area contributed by atoms with Crippen molar-refractivity contribution in [3.05, 3.63) is 78.1 Å². The van der Waals surface area contributed by atoms with E-state index in [-0.39, 0.29) is 5.16 Å². The molecule has 1 atom stereocenters. The van der Waals surface area contributed by atoms with Gasteiger partial charge < -0.3 is 4.57 Å². The summed E-state index contributed by atoms with van der Waals surface area (Å²) in [7, 11) is -2.57. The lowest BCUT2D eigenvalue weighted by molar-refractivity contribution is 0.563. The van der Waals surface area contributed by atoms with E-state index in [4.69, 9.17) is 0 Å². The number of hydrogen-bond acceptors (Lipinski definition) is 1. The molecule has 2 aromatic carbocycles. The zero-order valence-electron chi connectivity index (χ0n) is 13.0. The van der Waals surface area contributed by atoms with Crippen LogP contribution in [0.5, 0.6) is 0 Å². The molecule has 2 rings (SSSR count). The smallest absolute Gasteiger partial charge is 0.141 e. The molecule has 1 unspecified atom stereocenters. The van der Waals surface area contributed by atoms with Gasteiger partial charge in [0.15, 0.2) is 0 Å². The van der Waals surface area contributed by atoms with Crippen molar-refractivity contribution in [1.82, 2.24) is 0 Å². The third-order valence-corrected chi connectivity index (χ3v) is 7.34. The molecule has 0 aromatic heterocycles. The normalized spacial score (nSPS) is 15.0. The maximum Gasteiger partial charge on any atom is 0.141 e. The molecule has 0 saturated heterocycles. The first kappa shape index (κ1) is 15.8. The highest BCUT2D eigenvalue weighted by molar-refractivity contribution is 7.75. The molecular weight excluding hydrogens is 275 g/mol.